The van der Waals surface area contributed by atoms with E-state index in [-0.39, 0.29) is 5.82 Å². The van der Waals surface area contributed by atoms with Crippen LogP contribution in [0.15, 0.2) is 36.5 Å². The molecule has 8 heteroatoms. The first-order valence-corrected chi connectivity index (χ1v) is 9.95. The Morgan fingerprint density at radius 2 is 1.87 bits per heavy atom. The van der Waals surface area contributed by atoms with Gasteiger partial charge in [0.05, 0.1) is 5.39 Å². The molecule has 1 aliphatic rings. The molecule has 2 aromatic heterocycles. The van der Waals surface area contributed by atoms with Crippen molar-refractivity contribution < 1.29 is 8.78 Å². The van der Waals surface area contributed by atoms with Gasteiger partial charge in [-0.25, -0.2) is 13.8 Å². The van der Waals surface area contributed by atoms with Crippen LogP contribution in [0.1, 0.15) is 5.69 Å². The van der Waals surface area contributed by atoms with Crippen LogP contribution in [0, 0.1) is 18.6 Å². The van der Waals surface area contributed by atoms with Gasteiger partial charge in [0.25, 0.3) is 0 Å². The van der Waals surface area contributed by atoms with Crippen LogP contribution in [0.25, 0.3) is 21.7 Å². The number of pyridine rings is 1. The quantitative estimate of drug-likeness (QED) is 0.539. The second-order valence-corrected chi connectivity index (χ2v) is 7.61. The van der Waals surface area contributed by atoms with Crippen LogP contribution in [0.4, 0.5) is 26.0 Å². The first-order valence-electron chi connectivity index (χ1n) is 9.95. The molecule has 154 valence electrons. The first-order chi connectivity index (χ1) is 14.5. The smallest absolute Gasteiger partial charge is 0.153 e. The van der Waals surface area contributed by atoms with Crippen LogP contribution in [-0.2, 0) is 7.05 Å². The zero-order valence-corrected chi connectivity index (χ0v) is 16.8. The molecule has 0 aliphatic carbocycles. The predicted octanol–water partition coefficient (Wildman–Crippen LogP) is 3.86. The van der Waals surface area contributed by atoms with Crippen LogP contribution < -0.4 is 15.5 Å². The summed E-state index contributed by atoms with van der Waals surface area (Å²) in [6, 6.07) is 8.50. The van der Waals surface area contributed by atoms with Gasteiger partial charge in [-0.15, -0.1) is 0 Å². The summed E-state index contributed by atoms with van der Waals surface area (Å²) >= 11 is 0. The number of nitrogens with zero attached hydrogens (tertiary/aromatic N) is 4. The van der Waals surface area contributed by atoms with Gasteiger partial charge in [-0.1, -0.05) is 0 Å². The van der Waals surface area contributed by atoms with Crippen LogP contribution in [0.2, 0.25) is 0 Å². The van der Waals surface area contributed by atoms with Crippen molar-refractivity contribution in [2.24, 2.45) is 7.05 Å². The van der Waals surface area contributed by atoms with Gasteiger partial charge in [-0.3, -0.25) is 4.68 Å². The van der Waals surface area contributed by atoms with E-state index in [1.165, 1.54) is 6.07 Å². The molecular weight excluding hydrogens is 386 g/mol. The van der Waals surface area contributed by atoms with Crippen molar-refractivity contribution in [1.82, 2.24) is 20.1 Å². The van der Waals surface area contributed by atoms with Crippen molar-refractivity contribution in [3.63, 3.8) is 0 Å². The number of fused-ring (bicyclic) bond motifs is 2. The van der Waals surface area contributed by atoms with E-state index in [0.717, 1.165) is 42.9 Å². The monoisotopic (exact) mass is 408 g/mol. The highest BCUT2D eigenvalue weighted by Crippen LogP contribution is 2.32. The number of rotatable bonds is 3. The lowest BCUT2D eigenvalue weighted by Gasteiger charge is -2.29. The van der Waals surface area contributed by atoms with E-state index >= 15 is 4.39 Å². The highest BCUT2D eigenvalue weighted by atomic mass is 19.1. The molecule has 1 fully saturated rings. The molecule has 1 aliphatic heterocycles. The Bertz CT molecular complexity index is 1260. The summed E-state index contributed by atoms with van der Waals surface area (Å²) in [6.45, 7) is 5.32. The molecule has 0 unspecified atom stereocenters. The highest BCUT2D eigenvalue weighted by Gasteiger charge is 2.17. The number of benzene rings is 2. The Hall–Kier alpha value is -3.26. The maximum Gasteiger partial charge on any atom is 0.153 e. The van der Waals surface area contributed by atoms with E-state index < -0.39 is 5.82 Å². The first kappa shape index (κ1) is 18.7. The lowest BCUT2D eigenvalue weighted by atomic mass is 10.1. The van der Waals surface area contributed by atoms with Gasteiger partial charge in [-0.05, 0) is 42.6 Å². The number of nitrogens with one attached hydrogen (secondary N) is 2. The number of anilines is 3. The summed E-state index contributed by atoms with van der Waals surface area (Å²) in [7, 11) is 1.78. The van der Waals surface area contributed by atoms with Gasteiger partial charge in [0.2, 0.25) is 0 Å². The number of halogens is 2. The lowest BCUT2D eigenvalue weighted by molar-refractivity contribution is 0.586. The van der Waals surface area contributed by atoms with E-state index in [4.69, 9.17) is 0 Å². The Morgan fingerprint density at radius 1 is 1.07 bits per heavy atom. The molecule has 2 N–H and O–H groups in total. The standard InChI is InChI=1S/C22H22F2N6/c1-13-17-10-15(11-19(24)21(17)28-29(13)2)27-22-20-14(3-4-26-22)9-16(12-18(20)23)30-7-5-25-6-8-30/h3-4,9-12,25H,5-8H2,1-2H3,(H,26,27). The maximum absolute atomic E-state index is 15.2. The lowest BCUT2D eigenvalue weighted by Crippen LogP contribution is -2.43. The molecule has 3 heterocycles. The fourth-order valence-corrected chi connectivity index (χ4v) is 4.04. The van der Waals surface area contributed by atoms with Crippen molar-refractivity contribution in [3.8, 4) is 0 Å². The minimum atomic E-state index is -0.430. The Kier molecular flexibility index (Phi) is 4.51. The summed E-state index contributed by atoms with van der Waals surface area (Å²) in [5.41, 5.74) is 2.53. The van der Waals surface area contributed by atoms with E-state index in [1.807, 2.05) is 19.1 Å². The third kappa shape index (κ3) is 3.13. The molecule has 0 radical (unpaired) electrons. The number of aromatic nitrogens is 3. The zero-order chi connectivity index (χ0) is 20.8. The van der Waals surface area contributed by atoms with Gasteiger partial charge >= 0.3 is 0 Å². The minimum absolute atomic E-state index is 0.318. The van der Waals surface area contributed by atoms with Crippen LogP contribution in [-0.4, -0.2) is 40.9 Å². The molecule has 1 saturated heterocycles. The predicted molar refractivity (Wildman–Crippen MR) is 115 cm³/mol. The highest BCUT2D eigenvalue weighted by molar-refractivity contribution is 5.96. The van der Waals surface area contributed by atoms with Gasteiger partial charge in [-0.2, -0.15) is 5.10 Å². The zero-order valence-electron chi connectivity index (χ0n) is 16.8. The van der Waals surface area contributed by atoms with Crippen LogP contribution >= 0.6 is 0 Å². The SMILES string of the molecule is Cc1c2cc(Nc3nccc4cc(N5CCNCC5)cc(F)c34)cc(F)c2nn1C. The normalized spacial score (nSPS) is 14.6. The summed E-state index contributed by atoms with van der Waals surface area (Å²) in [5, 5.41) is 12.5. The molecule has 0 amide bonds. The van der Waals surface area contributed by atoms with Gasteiger partial charge < -0.3 is 15.5 Å². The van der Waals surface area contributed by atoms with E-state index in [9.17, 15) is 4.39 Å². The van der Waals surface area contributed by atoms with Gasteiger partial charge in [0.1, 0.15) is 17.2 Å². The molecule has 6 nitrogen and oxygen atoms in total. The van der Waals surface area contributed by atoms with E-state index in [0.29, 0.717) is 27.8 Å². The van der Waals surface area contributed by atoms with Crippen LogP contribution in [0.5, 0.6) is 0 Å². The average molecular weight is 408 g/mol. The second kappa shape index (κ2) is 7.21. The number of piperazine rings is 1. The van der Waals surface area contributed by atoms with Crippen molar-refractivity contribution in [2.75, 3.05) is 36.4 Å². The molecule has 0 bridgehead atoms. The minimum Gasteiger partial charge on any atom is -0.369 e. The molecule has 5 rings (SSSR count). The van der Waals surface area contributed by atoms with Crippen molar-refractivity contribution >= 4 is 38.9 Å². The molecular formula is C22H22F2N6. The van der Waals surface area contributed by atoms with Crippen molar-refractivity contribution in [3.05, 3.63) is 53.9 Å². The Labute approximate surface area is 172 Å². The Morgan fingerprint density at radius 3 is 2.67 bits per heavy atom. The molecule has 30 heavy (non-hydrogen) atoms. The summed E-state index contributed by atoms with van der Waals surface area (Å²) in [5.74, 6) is -0.423. The molecule has 0 spiro atoms. The summed E-state index contributed by atoms with van der Waals surface area (Å²) < 4.78 is 31.4. The fourth-order valence-electron chi connectivity index (χ4n) is 4.04. The van der Waals surface area contributed by atoms with E-state index in [1.54, 1.807) is 30.1 Å². The molecule has 0 saturated carbocycles. The van der Waals surface area contributed by atoms with Gasteiger partial charge in [0, 0.05) is 61.9 Å². The van der Waals surface area contributed by atoms with E-state index in [2.05, 4.69) is 25.6 Å². The molecule has 0 atom stereocenters. The molecule has 4 aromatic rings. The second-order valence-electron chi connectivity index (χ2n) is 7.61. The van der Waals surface area contributed by atoms with Gasteiger partial charge in [0.15, 0.2) is 5.82 Å². The topological polar surface area (TPSA) is 58.0 Å². The third-order valence-corrected chi connectivity index (χ3v) is 5.73. The third-order valence-electron chi connectivity index (χ3n) is 5.73. The average Bonchev–Trinajstić information content (AvgIpc) is 3.03. The largest absolute Gasteiger partial charge is 0.369 e. The summed E-state index contributed by atoms with van der Waals surface area (Å²) in [4.78, 5) is 6.49. The number of aryl methyl sites for hydroxylation is 2. The number of hydrogen-bond donors (Lipinski definition) is 2. The van der Waals surface area contributed by atoms with Crippen molar-refractivity contribution in [1.29, 1.82) is 0 Å². The van der Waals surface area contributed by atoms with Crippen LogP contribution in [0.3, 0.4) is 0 Å². The van der Waals surface area contributed by atoms with Crippen molar-refractivity contribution in [2.45, 2.75) is 6.92 Å². The fraction of sp³-hybridized carbons (Fsp3) is 0.273. The summed E-state index contributed by atoms with van der Waals surface area (Å²) in [6.07, 6.45) is 1.63. The Balaban J connectivity index is 1.56. The maximum atomic E-state index is 15.2. The molecule has 2 aromatic carbocycles. The number of hydrogen-bond acceptors (Lipinski definition) is 5.